The number of carbonyl (C=O) groups is 1. The fraction of sp³-hybridized carbons (Fsp3) is 0.643. The van der Waals surface area contributed by atoms with Gasteiger partial charge >= 0.3 is 11.6 Å². The first-order valence-corrected chi connectivity index (χ1v) is 9.47. The predicted molar refractivity (Wildman–Crippen MR) is 90.8 cm³/mol. The van der Waals surface area contributed by atoms with E-state index >= 15 is 0 Å². The summed E-state index contributed by atoms with van der Waals surface area (Å²) < 4.78 is 68.0. The van der Waals surface area contributed by atoms with Gasteiger partial charge in [-0.25, -0.2) is 4.98 Å². The van der Waals surface area contributed by atoms with Crippen LogP contribution in [0, 0.1) is 5.92 Å². The molecule has 1 saturated heterocycles. The first-order chi connectivity index (χ1) is 12.9. The van der Waals surface area contributed by atoms with Gasteiger partial charge in [-0.05, 0) is 11.6 Å². The van der Waals surface area contributed by atoms with Gasteiger partial charge in [0.25, 0.3) is 0 Å². The molecule has 0 aromatic carbocycles. The van der Waals surface area contributed by atoms with E-state index in [4.69, 9.17) is 23.2 Å². The van der Waals surface area contributed by atoms with Crippen molar-refractivity contribution in [2.24, 2.45) is 5.92 Å². The number of Topliss-reactive ketones (excluding diaryl/α,β-unsaturated/α-hetero) is 1. The Balaban J connectivity index is 1.62. The Morgan fingerprint density at radius 2 is 2.00 bits per heavy atom. The molecule has 1 fully saturated rings. The van der Waals surface area contributed by atoms with Crippen LogP contribution in [0.5, 0.6) is 0 Å². The minimum Gasteiger partial charge on any atom is -0.365 e. The monoisotopic (exact) mass is 466 g/mol. The number of likely N-dealkylation sites (tertiary alicyclic amines) is 1. The van der Waals surface area contributed by atoms with Crippen LogP contribution < -0.4 is 0 Å². The number of imidazole rings is 1. The molecule has 2 aromatic rings. The maximum absolute atomic E-state index is 12.9. The summed E-state index contributed by atoms with van der Waals surface area (Å²) in [6.07, 6.45) is -5.17. The number of rotatable bonds is 7. The highest BCUT2D eigenvalue weighted by Crippen LogP contribution is 2.32. The number of fused-ring (bicyclic) bond motifs is 1. The smallest absolute Gasteiger partial charge is 0.365 e. The molecule has 1 aliphatic rings. The highest BCUT2D eigenvalue weighted by Gasteiger charge is 2.39. The summed E-state index contributed by atoms with van der Waals surface area (Å²) in [4.78, 5) is 18.1. The second kappa shape index (κ2) is 7.98. The number of alkyl halides is 6. The molecular weight excluding hydrogens is 454 g/mol. The summed E-state index contributed by atoms with van der Waals surface area (Å²) in [7, 11) is 0. The highest BCUT2D eigenvalue weighted by molar-refractivity contribution is 7.16. The van der Waals surface area contributed by atoms with Crippen LogP contribution in [0.25, 0.3) is 4.96 Å². The van der Waals surface area contributed by atoms with E-state index in [2.05, 4.69) is 14.8 Å². The van der Waals surface area contributed by atoms with E-state index in [0.717, 1.165) is 11.3 Å². The zero-order chi connectivity index (χ0) is 20.7. The third kappa shape index (κ3) is 5.50. The Hall–Kier alpha value is -1.08. The quantitative estimate of drug-likeness (QED) is 0.459. The number of hydrogen-bond acceptors (Lipinski definition) is 6. The topological polar surface area (TPSA) is 59.7 Å². The molecule has 0 radical (unpaired) electrons. The minimum atomic E-state index is -4.43. The van der Waals surface area contributed by atoms with Crippen LogP contribution in [-0.2, 0) is 22.7 Å². The van der Waals surface area contributed by atoms with Crippen molar-refractivity contribution in [1.29, 1.82) is 0 Å². The number of nitrogens with zero attached hydrogens (tertiary/aromatic N) is 4. The van der Waals surface area contributed by atoms with Gasteiger partial charge in [0.2, 0.25) is 4.96 Å². The molecule has 6 nitrogen and oxygen atoms in total. The Kier molecular flexibility index (Phi) is 6.16. The number of ether oxygens (including phenoxy) is 1. The van der Waals surface area contributed by atoms with E-state index in [1.807, 2.05) is 0 Å². The van der Waals surface area contributed by atoms with Crippen molar-refractivity contribution in [3.63, 3.8) is 0 Å². The SMILES string of the molecule is O=C1CN(Cc2nc3sc(COCC(F)(F)F)nn3c2Cl)CC1CC(F)(F)Cl. The first kappa shape index (κ1) is 21.6. The van der Waals surface area contributed by atoms with Crippen molar-refractivity contribution < 1.29 is 31.5 Å². The summed E-state index contributed by atoms with van der Waals surface area (Å²) >= 11 is 12.1. The Morgan fingerprint density at radius 1 is 1.29 bits per heavy atom. The third-order valence-electron chi connectivity index (χ3n) is 3.91. The van der Waals surface area contributed by atoms with Crippen molar-refractivity contribution in [2.45, 2.75) is 31.1 Å². The second-order valence-electron chi connectivity index (χ2n) is 6.30. The molecule has 0 bridgehead atoms. The predicted octanol–water partition coefficient (Wildman–Crippen LogP) is 3.75. The van der Waals surface area contributed by atoms with Gasteiger partial charge in [-0.15, -0.1) is 0 Å². The lowest BCUT2D eigenvalue weighted by Crippen LogP contribution is -2.22. The van der Waals surface area contributed by atoms with Crippen LogP contribution in [0.15, 0.2) is 0 Å². The van der Waals surface area contributed by atoms with Crippen LogP contribution in [-0.4, -0.2) is 56.5 Å². The molecule has 156 valence electrons. The molecule has 3 heterocycles. The van der Waals surface area contributed by atoms with Gasteiger partial charge in [0.1, 0.15) is 18.2 Å². The number of halogens is 7. The van der Waals surface area contributed by atoms with Gasteiger partial charge in [-0.3, -0.25) is 9.69 Å². The Labute approximate surface area is 169 Å². The van der Waals surface area contributed by atoms with Crippen LogP contribution in [0.4, 0.5) is 22.0 Å². The second-order valence-corrected chi connectivity index (χ2v) is 8.25. The average Bonchev–Trinajstić information content (AvgIpc) is 3.14. The van der Waals surface area contributed by atoms with E-state index in [9.17, 15) is 26.7 Å². The fourth-order valence-corrected chi connectivity index (χ4v) is 4.14. The van der Waals surface area contributed by atoms with Crippen LogP contribution in [0.1, 0.15) is 17.1 Å². The summed E-state index contributed by atoms with van der Waals surface area (Å²) in [6, 6.07) is 0. The minimum absolute atomic E-state index is 0.0247. The molecular formula is C14H13Cl2F5N4O2S. The van der Waals surface area contributed by atoms with Gasteiger partial charge in [0.15, 0.2) is 10.9 Å². The maximum atomic E-state index is 12.9. The van der Waals surface area contributed by atoms with Gasteiger partial charge in [-0.1, -0.05) is 22.9 Å². The van der Waals surface area contributed by atoms with Crippen molar-refractivity contribution >= 4 is 45.3 Å². The normalized spacial score (nSPS) is 19.2. The molecule has 1 atom stereocenters. The largest absolute Gasteiger partial charge is 0.411 e. The summed E-state index contributed by atoms with van der Waals surface area (Å²) in [5.74, 6) is -1.20. The average molecular weight is 467 g/mol. The lowest BCUT2D eigenvalue weighted by molar-refractivity contribution is -0.176. The number of hydrogen-bond donors (Lipinski definition) is 0. The first-order valence-electron chi connectivity index (χ1n) is 7.90. The molecule has 1 aliphatic heterocycles. The van der Waals surface area contributed by atoms with Crippen molar-refractivity contribution in [3.05, 3.63) is 15.9 Å². The lowest BCUT2D eigenvalue weighted by Gasteiger charge is -2.15. The van der Waals surface area contributed by atoms with Gasteiger partial charge in [-0.2, -0.15) is 31.6 Å². The fourth-order valence-electron chi connectivity index (χ4n) is 2.84. The zero-order valence-electron chi connectivity index (χ0n) is 14.0. The molecule has 2 aromatic heterocycles. The van der Waals surface area contributed by atoms with E-state index in [-0.39, 0.29) is 42.2 Å². The molecule has 0 amide bonds. The Bertz CT molecular complexity index is 866. The summed E-state index contributed by atoms with van der Waals surface area (Å²) in [5.41, 5.74) is 0.384. The molecule has 3 rings (SSSR count). The molecule has 0 spiro atoms. The zero-order valence-corrected chi connectivity index (χ0v) is 16.3. The summed E-state index contributed by atoms with van der Waals surface area (Å²) in [6.45, 7) is -1.51. The number of carbonyl (C=O) groups excluding carboxylic acids is 1. The highest BCUT2D eigenvalue weighted by atomic mass is 35.5. The van der Waals surface area contributed by atoms with Crippen LogP contribution in [0.2, 0.25) is 5.15 Å². The van der Waals surface area contributed by atoms with Crippen molar-refractivity contribution in [1.82, 2.24) is 19.5 Å². The lowest BCUT2D eigenvalue weighted by atomic mass is 10.0. The standard InChI is InChI=1S/C14H13Cl2F5N4O2S/c15-11-8(3-24-2-7(9(26)4-24)1-13(16,17)18)22-12-25(11)23-10(28-12)5-27-6-14(19,20)21/h7H,1-6H2. The van der Waals surface area contributed by atoms with E-state index in [1.165, 1.54) is 4.52 Å². The summed E-state index contributed by atoms with van der Waals surface area (Å²) in [5, 5.41) is 1.00. The van der Waals surface area contributed by atoms with Crippen LogP contribution >= 0.6 is 34.5 Å². The maximum Gasteiger partial charge on any atom is 0.411 e. The number of aromatic nitrogens is 3. The van der Waals surface area contributed by atoms with Crippen molar-refractivity contribution in [3.8, 4) is 0 Å². The Morgan fingerprint density at radius 3 is 2.61 bits per heavy atom. The van der Waals surface area contributed by atoms with Gasteiger partial charge < -0.3 is 4.74 Å². The molecule has 0 N–H and O–H groups in total. The molecule has 14 heteroatoms. The third-order valence-corrected chi connectivity index (χ3v) is 5.33. The van der Waals surface area contributed by atoms with Gasteiger partial charge in [0.05, 0.1) is 12.2 Å². The van der Waals surface area contributed by atoms with E-state index < -0.39 is 30.5 Å². The molecule has 0 aliphatic carbocycles. The molecule has 1 unspecified atom stereocenters. The number of ketones is 1. The van der Waals surface area contributed by atoms with E-state index in [1.54, 1.807) is 4.90 Å². The van der Waals surface area contributed by atoms with Gasteiger partial charge in [0, 0.05) is 25.4 Å². The van der Waals surface area contributed by atoms with Crippen molar-refractivity contribution in [2.75, 3.05) is 19.7 Å². The van der Waals surface area contributed by atoms with Crippen LogP contribution in [0.3, 0.4) is 0 Å². The molecule has 28 heavy (non-hydrogen) atoms. The molecule has 0 saturated carbocycles. The van der Waals surface area contributed by atoms with E-state index in [0.29, 0.717) is 10.7 Å².